The van der Waals surface area contributed by atoms with Crippen LogP contribution in [-0.4, -0.2) is 32.3 Å². The average molecular weight is 452 g/mol. The van der Waals surface area contributed by atoms with Gasteiger partial charge in [-0.3, -0.25) is 14.3 Å². The maximum atomic E-state index is 12.6. The highest BCUT2D eigenvalue weighted by molar-refractivity contribution is 5.76. The van der Waals surface area contributed by atoms with Crippen molar-refractivity contribution in [2.45, 2.75) is 58.3 Å². The fourth-order valence-corrected chi connectivity index (χ4v) is 3.95. The Balaban J connectivity index is 1.39. The second kappa shape index (κ2) is 10.3. The fourth-order valence-electron chi connectivity index (χ4n) is 3.95. The van der Waals surface area contributed by atoms with Crippen molar-refractivity contribution < 1.29 is 14.3 Å². The van der Waals surface area contributed by atoms with E-state index in [0.29, 0.717) is 24.7 Å². The number of carbonyl (C=O) groups excluding carboxylic acids is 1. The van der Waals surface area contributed by atoms with Crippen molar-refractivity contribution in [3.05, 3.63) is 70.2 Å². The molecule has 0 spiro atoms. The zero-order valence-corrected chi connectivity index (χ0v) is 19.0. The van der Waals surface area contributed by atoms with Crippen LogP contribution in [0.5, 0.6) is 11.5 Å². The third-order valence-corrected chi connectivity index (χ3v) is 5.78. The minimum absolute atomic E-state index is 0.104. The highest BCUT2D eigenvalue weighted by Crippen LogP contribution is 2.31. The van der Waals surface area contributed by atoms with Gasteiger partial charge in [-0.05, 0) is 55.2 Å². The number of nitrogens with one attached hydrogen (secondary N) is 1. The van der Waals surface area contributed by atoms with Gasteiger partial charge in [0.1, 0.15) is 19.0 Å². The molecule has 0 saturated carbocycles. The van der Waals surface area contributed by atoms with Crippen LogP contribution in [0.3, 0.4) is 0 Å². The minimum atomic E-state index is -0.281. The van der Waals surface area contributed by atoms with E-state index in [4.69, 9.17) is 9.47 Å². The number of aryl methyl sites for hydroxylation is 1. The van der Waals surface area contributed by atoms with Gasteiger partial charge in [-0.25, -0.2) is 9.48 Å². The van der Waals surface area contributed by atoms with Gasteiger partial charge in [-0.2, -0.15) is 5.10 Å². The van der Waals surface area contributed by atoms with Crippen molar-refractivity contribution in [3.8, 4) is 11.5 Å². The number of carbonyl (C=O) groups is 1. The Morgan fingerprint density at radius 2 is 1.97 bits per heavy atom. The van der Waals surface area contributed by atoms with Crippen molar-refractivity contribution >= 4 is 5.91 Å². The Labute approximate surface area is 192 Å². The van der Waals surface area contributed by atoms with E-state index >= 15 is 0 Å². The summed E-state index contributed by atoms with van der Waals surface area (Å²) in [4.78, 5) is 29.2. The molecule has 1 amide bonds. The van der Waals surface area contributed by atoms with Gasteiger partial charge in [0, 0.05) is 25.4 Å². The first-order valence-corrected chi connectivity index (χ1v) is 11.2. The van der Waals surface area contributed by atoms with Gasteiger partial charge < -0.3 is 14.8 Å². The predicted molar refractivity (Wildman–Crippen MR) is 122 cm³/mol. The molecule has 0 radical (unpaired) electrons. The summed E-state index contributed by atoms with van der Waals surface area (Å²) in [6.45, 7) is 2.85. The second-order valence-corrected chi connectivity index (χ2v) is 8.16. The monoisotopic (exact) mass is 451 g/mol. The van der Waals surface area contributed by atoms with Crippen molar-refractivity contribution in [2.24, 2.45) is 0 Å². The second-order valence-electron chi connectivity index (χ2n) is 8.16. The molecule has 4 rings (SSSR count). The maximum Gasteiger partial charge on any atom is 0.346 e. The number of hydrogen-bond acceptors (Lipinski definition) is 6. The summed E-state index contributed by atoms with van der Waals surface area (Å²) in [6.07, 6.45) is 7.29. The zero-order chi connectivity index (χ0) is 23.2. The number of amides is 1. The number of fused-ring (bicyclic) bond motifs is 1. The fraction of sp³-hybridized carbons (Fsp3) is 0.417. The van der Waals surface area contributed by atoms with E-state index in [1.165, 1.54) is 4.68 Å². The number of nitrogens with zero attached hydrogens (tertiary/aromatic N) is 4. The molecular formula is C24H29N5O4. The number of methoxy groups -OCH3 is 1. The number of rotatable bonds is 8. The van der Waals surface area contributed by atoms with Crippen molar-refractivity contribution in [3.63, 3.8) is 0 Å². The van der Waals surface area contributed by atoms with Crippen LogP contribution < -0.4 is 20.5 Å². The average Bonchev–Trinajstić information content (AvgIpc) is 2.98. The maximum absolute atomic E-state index is 12.6. The predicted octanol–water partition coefficient (Wildman–Crippen LogP) is 2.63. The van der Waals surface area contributed by atoms with Crippen LogP contribution in [0, 0.1) is 0 Å². The van der Waals surface area contributed by atoms with Crippen molar-refractivity contribution in [1.29, 1.82) is 0 Å². The van der Waals surface area contributed by atoms with Crippen LogP contribution in [0.1, 0.15) is 49.2 Å². The summed E-state index contributed by atoms with van der Waals surface area (Å²) < 4.78 is 14.3. The van der Waals surface area contributed by atoms with Crippen molar-refractivity contribution in [1.82, 2.24) is 24.6 Å². The van der Waals surface area contributed by atoms with Crippen LogP contribution in [0.2, 0.25) is 0 Å². The lowest BCUT2D eigenvalue weighted by Crippen LogP contribution is -2.35. The zero-order valence-electron chi connectivity index (χ0n) is 19.0. The number of pyridine rings is 1. The van der Waals surface area contributed by atoms with Gasteiger partial charge in [0.15, 0.2) is 11.5 Å². The molecule has 174 valence electrons. The largest absolute Gasteiger partial charge is 0.493 e. The Morgan fingerprint density at radius 3 is 2.76 bits per heavy atom. The lowest BCUT2D eigenvalue weighted by Gasteiger charge is -2.17. The van der Waals surface area contributed by atoms with E-state index in [9.17, 15) is 9.59 Å². The summed E-state index contributed by atoms with van der Waals surface area (Å²) in [6, 6.07) is 9.06. The van der Waals surface area contributed by atoms with Crippen molar-refractivity contribution in [2.75, 3.05) is 7.11 Å². The molecule has 9 nitrogen and oxygen atoms in total. The molecule has 1 aliphatic heterocycles. The Bertz CT molecular complexity index is 1160. The molecule has 1 aromatic carbocycles. The van der Waals surface area contributed by atoms with Gasteiger partial charge >= 0.3 is 5.69 Å². The molecule has 3 heterocycles. The Morgan fingerprint density at radius 1 is 1.15 bits per heavy atom. The third kappa shape index (κ3) is 5.42. The van der Waals surface area contributed by atoms with Crippen LogP contribution in [-0.2, 0) is 30.9 Å². The SMILES string of the molecule is COc1cc(C(C)NC(=O)Cn2nc3n(c2=O)CCCCC3)ccc1OCc1ccncc1. The molecule has 33 heavy (non-hydrogen) atoms. The standard InChI is InChI=1S/C24H29N5O4/c1-17(26-23(30)15-29-24(31)28-13-5-3-4-6-22(28)27-29)19-7-8-20(21(14-19)32-2)33-16-18-9-11-25-12-10-18/h7-12,14,17H,3-6,13,15-16H2,1-2H3,(H,26,30). The minimum Gasteiger partial charge on any atom is -0.493 e. The van der Waals surface area contributed by atoms with E-state index in [0.717, 1.165) is 42.6 Å². The first-order chi connectivity index (χ1) is 16.0. The molecule has 0 bridgehead atoms. The van der Waals surface area contributed by atoms with Gasteiger partial charge in [0.05, 0.1) is 13.2 Å². The Kier molecular flexibility index (Phi) is 7.07. The summed E-state index contributed by atoms with van der Waals surface area (Å²) in [5.74, 6) is 1.69. The molecule has 1 atom stereocenters. The molecule has 9 heteroatoms. The molecule has 0 fully saturated rings. The third-order valence-electron chi connectivity index (χ3n) is 5.78. The molecule has 2 aromatic heterocycles. The Hall–Kier alpha value is -3.62. The van der Waals surface area contributed by atoms with E-state index in [1.807, 2.05) is 37.3 Å². The lowest BCUT2D eigenvalue weighted by atomic mass is 10.1. The van der Waals surface area contributed by atoms with Gasteiger partial charge in [0.2, 0.25) is 5.91 Å². The van der Waals surface area contributed by atoms with Crippen LogP contribution in [0.15, 0.2) is 47.5 Å². The quantitative estimate of drug-likeness (QED) is 0.565. The highest BCUT2D eigenvalue weighted by Gasteiger charge is 2.19. The summed E-state index contributed by atoms with van der Waals surface area (Å²) in [5, 5.41) is 7.32. The summed E-state index contributed by atoms with van der Waals surface area (Å²) in [7, 11) is 1.58. The van der Waals surface area contributed by atoms with E-state index in [1.54, 1.807) is 24.1 Å². The number of benzene rings is 1. The molecule has 1 unspecified atom stereocenters. The number of ether oxygens (including phenoxy) is 2. The molecular weight excluding hydrogens is 422 g/mol. The van der Waals surface area contributed by atoms with Gasteiger partial charge in [-0.15, -0.1) is 0 Å². The topological polar surface area (TPSA) is 100 Å². The van der Waals surface area contributed by atoms with Crippen LogP contribution in [0.25, 0.3) is 0 Å². The summed E-state index contributed by atoms with van der Waals surface area (Å²) >= 11 is 0. The molecule has 0 saturated heterocycles. The lowest BCUT2D eigenvalue weighted by molar-refractivity contribution is -0.122. The van der Waals surface area contributed by atoms with Crippen LogP contribution in [0.4, 0.5) is 0 Å². The van der Waals surface area contributed by atoms with Crippen LogP contribution >= 0.6 is 0 Å². The molecule has 1 aliphatic rings. The highest BCUT2D eigenvalue weighted by atomic mass is 16.5. The van der Waals surface area contributed by atoms with E-state index < -0.39 is 0 Å². The van der Waals surface area contributed by atoms with E-state index in [2.05, 4.69) is 15.4 Å². The molecule has 0 aliphatic carbocycles. The van der Waals surface area contributed by atoms with Gasteiger partial charge in [0.25, 0.3) is 0 Å². The normalized spacial score (nSPS) is 14.1. The smallest absolute Gasteiger partial charge is 0.346 e. The first-order valence-electron chi connectivity index (χ1n) is 11.2. The molecule has 3 aromatic rings. The summed E-state index contributed by atoms with van der Waals surface area (Å²) in [5.41, 5.74) is 1.65. The van der Waals surface area contributed by atoms with Gasteiger partial charge in [-0.1, -0.05) is 12.5 Å². The first kappa shape index (κ1) is 22.6. The number of aromatic nitrogens is 4. The number of hydrogen-bond donors (Lipinski definition) is 1. The van der Waals surface area contributed by atoms with E-state index in [-0.39, 0.29) is 24.2 Å². The molecule has 1 N–H and O–H groups in total.